The van der Waals surface area contributed by atoms with Gasteiger partial charge in [-0.2, -0.15) is 0 Å². The second kappa shape index (κ2) is 11.9. The van der Waals surface area contributed by atoms with Crippen molar-refractivity contribution in [2.75, 3.05) is 11.5 Å². The molecule has 0 aliphatic heterocycles. The van der Waals surface area contributed by atoms with Gasteiger partial charge >= 0.3 is 5.97 Å². The molecule has 5 rings (SSSR count). The third-order valence-electron chi connectivity index (χ3n) is 12.9. The largest absolute Gasteiger partial charge is 0.462 e. The van der Waals surface area contributed by atoms with Crippen molar-refractivity contribution in [1.82, 2.24) is 0 Å². The number of hydrogen-bond donors (Lipinski definition) is 2. The molecule has 1 aromatic rings. The highest BCUT2D eigenvalue weighted by Gasteiger charge is 2.60. The Labute approximate surface area is 244 Å². The molecule has 0 bridgehead atoms. The Kier molecular flexibility index (Phi) is 8.84. The van der Waals surface area contributed by atoms with E-state index in [1.54, 1.807) is 6.07 Å². The zero-order valence-corrected chi connectivity index (χ0v) is 26.2. The summed E-state index contributed by atoms with van der Waals surface area (Å²) >= 11 is 0. The molecule has 4 heteroatoms. The highest BCUT2D eigenvalue weighted by molar-refractivity contribution is 5.70. The number of aryl methyl sites for hydroxylation is 1. The Bertz CT molecular complexity index is 1040. The van der Waals surface area contributed by atoms with Crippen LogP contribution < -0.4 is 11.5 Å². The van der Waals surface area contributed by atoms with Crippen molar-refractivity contribution in [3.8, 4) is 0 Å². The number of benzene rings is 1. The molecule has 4 nitrogen and oxygen atoms in total. The normalized spacial score (nSPS) is 37.9. The fraction of sp³-hybridized carbons (Fsp3) is 0.806. The minimum Gasteiger partial charge on any atom is -0.462 e. The first-order valence-corrected chi connectivity index (χ1v) is 16.8. The van der Waals surface area contributed by atoms with Gasteiger partial charge in [0.25, 0.3) is 0 Å². The number of carbonyl (C=O) groups excluding carboxylic acids is 1. The van der Waals surface area contributed by atoms with Crippen LogP contribution in [0.15, 0.2) is 18.2 Å². The van der Waals surface area contributed by atoms with E-state index in [4.69, 9.17) is 16.2 Å². The van der Waals surface area contributed by atoms with E-state index >= 15 is 0 Å². The highest BCUT2D eigenvalue weighted by atomic mass is 16.5. The van der Waals surface area contributed by atoms with Crippen LogP contribution in [0.5, 0.6) is 0 Å². The van der Waals surface area contributed by atoms with Crippen LogP contribution in [-0.4, -0.2) is 12.1 Å². The van der Waals surface area contributed by atoms with E-state index in [1.165, 1.54) is 64.2 Å². The third kappa shape index (κ3) is 5.80. The number of ether oxygens (including phenoxy) is 1. The summed E-state index contributed by atoms with van der Waals surface area (Å²) in [5.74, 6) is 5.96. The van der Waals surface area contributed by atoms with Gasteiger partial charge in [-0.1, -0.05) is 59.9 Å². The van der Waals surface area contributed by atoms with Gasteiger partial charge in [0, 0.05) is 17.8 Å². The average molecular weight is 551 g/mol. The van der Waals surface area contributed by atoms with Crippen molar-refractivity contribution in [2.45, 2.75) is 131 Å². The van der Waals surface area contributed by atoms with Gasteiger partial charge in [0.15, 0.2) is 0 Å². The molecule has 1 aromatic carbocycles. The second-order valence-electron chi connectivity index (χ2n) is 15.5. The Hall–Kier alpha value is -1.71. The number of fused-ring (bicyclic) bond motifs is 5. The predicted octanol–water partition coefficient (Wildman–Crippen LogP) is 8.82. The first-order chi connectivity index (χ1) is 19.0. The standard InChI is InChI=1S/C36H58N2O2/c1-23(2)7-6-8-24(3)30-14-15-31-29-13-11-26-21-28(17-19-35(26,4)32(29)18-20-36(30,31)5)40-34(39)16-10-25-9-12-27(37)22-33(25)38/h9,12,22-24,26,28-32H,6-8,10-11,13-21,37-38H2,1-5H3. The zero-order chi connectivity index (χ0) is 28.7. The summed E-state index contributed by atoms with van der Waals surface area (Å²) in [4.78, 5) is 12.8. The van der Waals surface area contributed by atoms with Crippen molar-refractivity contribution >= 4 is 17.3 Å². The molecule has 9 atom stereocenters. The molecule has 0 aromatic heterocycles. The Morgan fingerprint density at radius 3 is 2.45 bits per heavy atom. The van der Waals surface area contributed by atoms with Crippen LogP contribution in [0, 0.1) is 52.3 Å². The Balaban J connectivity index is 1.16. The monoisotopic (exact) mass is 550 g/mol. The van der Waals surface area contributed by atoms with Gasteiger partial charge in [0.1, 0.15) is 6.10 Å². The molecule has 4 saturated carbocycles. The number of anilines is 2. The molecule has 0 spiro atoms. The smallest absolute Gasteiger partial charge is 0.306 e. The maximum absolute atomic E-state index is 12.8. The van der Waals surface area contributed by atoms with Gasteiger partial charge < -0.3 is 16.2 Å². The van der Waals surface area contributed by atoms with E-state index < -0.39 is 0 Å². The number of rotatable bonds is 9. The summed E-state index contributed by atoms with van der Waals surface area (Å²) in [5.41, 5.74) is 15.2. The summed E-state index contributed by atoms with van der Waals surface area (Å²) in [5, 5.41) is 0. The maximum atomic E-state index is 12.8. The number of nitrogens with two attached hydrogens (primary N) is 2. The molecule has 40 heavy (non-hydrogen) atoms. The van der Waals surface area contributed by atoms with Gasteiger partial charge in [-0.25, -0.2) is 0 Å². The van der Waals surface area contributed by atoms with Crippen LogP contribution in [0.3, 0.4) is 0 Å². The SMILES string of the molecule is CC(C)CCCC(C)C1CCC2C3CCC4CC(OC(=O)CCc5ccc(N)cc5N)CCC4(C)C3CCC12C. The summed E-state index contributed by atoms with van der Waals surface area (Å²) in [6.07, 6.45) is 17.1. The first kappa shape index (κ1) is 29.8. The van der Waals surface area contributed by atoms with E-state index in [0.717, 1.165) is 53.9 Å². The average Bonchev–Trinajstić information content (AvgIpc) is 3.25. The minimum atomic E-state index is -0.0774. The molecule has 4 aliphatic rings. The summed E-state index contributed by atoms with van der Waals surface area (Å²) < 4.78 is 6.07. The van der Waals surface area contributed by atoms with Crippen molar-refractivity contribution in [3.63, 3.8) is 0 Å². The fourth-order valence-electron chi connectivity index (χ4n) is 10.7. The van der Waals surface area contributed by atoms with E-state index in [1.807, 2.05) is 12.1 Å². The number of esters is 1. The van der Waals surface area contributed by atoms with Crippen LogP contribution in [0.4, 0.5) is 11.4 Å². The molecule has 4 fully saturated rings. The molecule has 0 heterocycles. The number of carbonyl (C=O) groups is 1. The van der Waals surface area contributed by atoms with E-state index in [9.17, 15) is 4.79 Å². The van der Waals surface area contributed by atoms with Crippen LogP contribution in [0.1, 0.15) is 124 Å². The molecule has 9 unspecified atom stereocenters. The molecular formula is C36H58N2O2. The summed E-state index contributed by atoms with van der Waals surface area (Å²) in [6, 6.07) is 5.55. The quantitative estimate of drug-likeness (QED) is 0.238. The lowest BCUT2D eigenvalue weighted by Crippen LogP contribution is -2.54. The van der Waals surface area contributed by atoms with Crippen molar-refractivity contribution in [1.29, 1.82) is 0 Å². The van der Waals surface area contributed by atoms with Crippen molar-refractivity contribution in [3.05, 3.63) is 23.8 Å². The molecule has 0 saturated heterocycles. The summed E-state index contributed by atoms with van der Waals surface area (Å²) in [6.45, 7) is 12.6. The topological polar surface area (TPSA) is 78.3 Å². The molecule has 4 aliphatic carbocycles. The molecule has 0 amide bonds. The molecule has 0 radical (unpaired) electrons. The van der Waals surface area contributed by atoms with Crippen LogP contribution in [0.25, 0.3) is 0 Å². The fourth-order valence-corrected chi connectivity index (χ4v) is 10.7. The first-order valence-electron chi connectivity index (χ1n) is 16.8. The van der Waals surface area contributed by atoms with Gasteiger partial charge in [-0.3, -0.25) is 4.79 Å². The maximum Gasteiger partial charge on any atom is 0.306 e. The molecule has 4 N–H and O–H groups in total. The highest BCUT2D eigenvalue weighted by Crippen LogP contribution is 2.68. The van der Waals surface area contributed by atoms with Gasteiger partial charge in [-0.15, -0.1) is 0 Å². The van der Waals surface area contributed by atoms with Gasteiger partial charge in [0.2, 0.25) is 0 Å². The number of nitrogen functional groups attached to an aromatic ring is 2. The lowest BCUT2D eigenvalue weighted by atomic mass is 9.44. The molecule has 224 valence electrons. The van der Waals surface area contributed by atoms with Crippen molar-refractivity contribution in [2.24, 2.45) is 52.3 Å². The van der Waals surface area contributed by atoms with E-state index in [2.05, 4.69) is 34.6 Å². The van der Waals surface area contributed by atoms with E-state index in [0.29, 0.717) is 41.0 Å². The second-order valence-corrected chi connectivity index (χ2v) is 15.5. The predicted molar refractivity (Wildman–Crippen MR) is 167 cm³/mol. The lowest BCUT2D eigenvalue weighted by Gasteiger charge is -2.61. The summed E-state index contributed by atoms with van der Waals surface area (Å²) in [7, 11) is 0. The third-order valence-corrected chi connectivity index (χ3v) is 12.9. The van der Waals surface area contributed by atoms with Crippen LogP contribution >= 0.6 is 0 Å². The minimum absolute atomic E-state index is 0.0774. The molecular weight excluding hydrogens is 492 g/mol. The van der Waals surface area contributed by atoms with Crippen LogP contribution in [0.2, 0.25) is 0 Å². The Morgan fingerprint density at radius 1 is 0.950 bits per heavy atom. The lowest BCUT2D eigenvalue weighted by molar-refractivity contribution is -0.162. The van der Waals surface area contributed by atoms with E-state index in [-0.39, 0.29) is 12.1 Å². The number of hydrogen-bond acceptors (Lipinski definition) is 4. The van der Waals surface area contributed by atoms with Crippen LogP contribution in [-0.2, 0) is 16.0 Å². The van der Waals surface area contributed by atoms with Gasteiger partial charge in [0.05, 0.1) is 0 Å². The zero-order valence-electron chi connectivity index (χ0n) is 26.2. The Morgan fingerprint density at radius 2 is 1.70 bits per heavy atom. The van der Waals surface area contributed by atoms with Crippen molar-refractivity contribution < 1.29 is 9.53 Å². The van der Waals surface area contributed by atoms with Gasteiger partial charge in [-0.05, 0) is 134 Å².